The Balaban J connectivity index is 2.02. The number of carbonyl (C=O) groups excluding carboxylic acids is 1. The Kier molecular flexibility index (Phi) is 4.94. The zero-order valence-corrected chi connectivity index (χ0v) is 15.4. The highest BCUT2D eigenvalue weighted by Gasteiger charge is 2.29. The summed E-state index contributed by atoms with van der Waals surface area (Å²) in [5, 5.41) is 4.31. The molecule has 1 heterocycles. The third-order valence-electron chi connectivity index (χ3n) is 4.74. The number of carbonyl (C=O) groups is 1. The fourth-order valence-corrected chi connectivity index (χ4v) is 4.16. The zero-order chi connectivity index (χ0) is 18.0. The minimum Gasteiger partial charge on any atom is -0.306 e. The number of para-hydroxylation sites is 1. The van der Waals surface area contributed by atoms with Crippen LogP contribution in [0.5, 0.6) is 0 Å². The lowest BCUT2D eigenvalue weighted by Gasteiger charge is -2.29. The van der Waals surface area contributed by atoms with Crippen molar-refractivity contribution in [3.63, 3.8) is 0 Å². The van der Waals surface area contributed by atoms with Gasteiger partial charge in [0, 0.05) is 12.7 Å². The van der Waals surface area contributed by atoms with E-state index in [1.165, 1.54) is 4.90 Å². The van der Waals surface area contributed by atoms with Gasteiger partial charge < -0.3 is 4.90 Å². The Bertz CT molecular complexity index is 869. The Morgan fingerprint density at radius 3 is 2.56 bits per heavy atom. The lowest BCUT2D eigenvalue weighted by Crippen LogP contribution is -2.35. The van der Waals surface area contributed by atoms with Crippen LogP contribution in [0.1, 0.15) is 49.6 Å². The predicted molar refractivity (Wildman–Crippen MR) is 96.6 cm³/mol. The molecule has 7 heteroatoms. The standard InChI is InChI=1S/C18H23N3O3S/c1-3-20(15-10-5-6-11-17(15)25(23,24)4-2)18(22)16-12-13-19-21(16)14-8-7-9-14/h5-6,10-14H,3-4,7-9H2,1-2H3. The SMILES string of the molecule is CCN(C(=O)c1ccnn1C1CCC1)c1ccccc1S(=O)(=O)CC. The van der Waals surface area contributed by atoms with Gasteiger partial charge in [0.2, 0.25) is 0 Å². The first-order valence-electron chi connectivity index (χ1n) is 8.66. The highest BCUT2D eigenvalue weighted by Crippen LogP contribution is 2.33. The summed E-state index contributed by atoms with van der Waals surface area (Å²) in [7, 11) is -3.42. The molecule has 134 valence electrons. The second-order valence-corrected chi connectivity index (χ2v) is 8.41. The molecule has 25 heavy (non-hydrogen) atoms. The van der Waals surface area contributed by atoms with Crippen molar-refractivity contribution in [3.05, 3.63) is 42.2 Å². The molecule has 1 fully saturated rings. The lowest BCUT2D eigenvalue weighted by molar-refractivity contribution is 0.0970. The minimum absolute atomic E-state index is 0.00420. The number of anilines is 1. The van der Waals surface area contributed by atoms with Gasteiger partial charge in [-0.05, 0) is 44.4 Å². The molecule has 1 amide bonds. The Morgan fingerprint density at radius 1 is 1.24 bits per heavy atom. The van der Waals surface area contributed by atoms with E-state index in [1.807, 2.05) is 6.92 Å². The van der Waals surface area contributed by atoms with Crippen molar-refractivity contribution < 1.29 is 13.2 Å². The topological polar surface area (TPSA) is 72.3 Å². The molecule has 1 aliphatic rings. The summed E-state index contributed by atoms with van der Waals surface area (Å²) in [5.41, 5.74) is 0.938. The maximum Gasteiger partial charge on any atom is 0.276 e. The third-order valence-corrected chi connectivity index (χ3v) is 6.52. The summed E-state index contributed by atoms with van der Waals surface area (Å²) >= 11 is 0. The predicted octanol–water partition coefficient (Wildman–Crippen LogP) is 3.07. The van der Waals surface area contributed by atoms with Gasteiger partial charge in [0.25, 0.3) is 5.91 Å². The Hall–Kier alpha value is -2.15. The van der Waals surface area contributed by atoms with Gasteiger partial charge >= 0.3 is 0 Å². The quantitative estimate of drug-likeness (QED) is 0.793. The first kappa shape index (κ1) is 17.7. The van der Waals surface area contributed by atoms with Crippen LogP contribution in [-0.2, 0) is 9.84 Å². The molecule has 6 nitrogen and oxygen atoms in total. The summed E-state index contributed by atoms with van der Waals surface area (Å²) in [6.07, 6.45) is 4.82. The summed E-state index contributed by atoms with van der Waals surface area (Å²) in [5.74, 6) is -0.221. The number of aromatic nitrogens is 2. The maximum atomic E-state index is 13.1. The molecule has 0 N–H and O–H groups in total. The van der Waals surface area contributed by atoms with Crippen molar-refractivity contribution >= 4 is 21.4 Å². The van der Waals surface area contributed by atoms with Gasteiger partial charge in [-0.25, -0.2) is 8.42 Å². The fraction of sp³-hybridized carbons (Fsp3) is 0.444. The molecule has 1 aromatic heterocycles. The molecule has 0 saturated heterocycles. The first-order valence-corrected chi connectivity index (χ1v) is 10.3. The van der Waals surface area contributed by atoms with Gasteiger partial charge in [-0.15, -0.1) is 0 Å². The number of amides is 1. The van der Waals surface area contributed by atoms with Crippen molar-refractivity contribution in [2.45, 2.75) is 44.0 Å². The van der Waals surface area contributed by atoms with Crippen LogP contribution in [0.3, 0.4) is 0 Å². The third kappa shape index (κ3) is 3.20. The van der Waals surface area contributed by atoms with Crippen LogP contribution in [-0.4, -0.2) is 36.4 Å². The number of hydrogen-bond acceptors (Lipinski definition) is 4. The Labute approximate surface area is 148 Å². The van der Waals surface area contributed by atoms with Crippen molar-refractivity contribution in [1.29, 1.82) is 0 Å². The number of nitrogens with zero attached hydrogens (tertiary/aromatic N) is 3. The van der Waals surface area contributed by atoms with E-state index in [1.54, 1.807) is 48.1 Å². The van der Waals surface area contributed by atoms with Crippen LogP contribution in [0.4, 0.5) is 5.69 Å². The van der Waals surface area contributed by atoms with Crippen molar-refractivity contribution in [2.24, 2.45) is 0 Å². The monoisotopic (exact) mass is 361 g/mol. The molecular weight excluding hydrogens is 338 g/mol. The van der Waals surface area contributed by atoms with Crippen molar-refractivity contribution in [2.75, 3.05) is 17.2 Å². The molecule has 0 bridgehead atoms. The van der Waals surface area contributed by atoms with Gasteiger partial charge in [-0.1, -0.05) is 19.1 Å². The highest BCUT2D eigenvalue weighted by molar-refractivity contribution is 7.91. The van der Waals surface area contributed by atoms with Crippen LogP contribution in [0.2, 0.25) is 0 Å². The molecule has 1 aliphatic carbocycles. The molecule has 0 unspecified atom stereocenters. The number of benzene rings is 1. The minimum atomic E-state index is -3.42. The Morgan fingerprint density at radius 2 is 1.96 bits per heavy atom. The van der Waals surface area contributed by atoms with Crippen molar-refractivity contribution in [3.8, 4) is 0 Å². The van der Waals surface area contributed by atoms with E-state index in [4.69, 9.17) is 0 Å². The van der Waals surface area contributed by atoms with Crippen molar-refractivity contribution in [1.82, 2.24) is 9.78 Å². The zero-order valence-electron chi connectivity index (χ0n) is 14.6. The number of rotatable bonds is 6. The summed E-state index contributed by atoms with van der Waals surface area (Å²) in [6, 6.07) is 8.66. The van der Waals surface area contributed by atoms with Crippen LogP contribution in [0.15, 0.2) is 41.4 Å². The molecule has 0 aliphatic heterocycles. The summed E-state index contributed by atoms with van der Waals surface area (Å²) < 4.78 is 26.6. The van der Waals surface area contributed by atoms with E-state index in [0.717, 1.165) is 19.3 Å². The van der Waals surface area contributed by atoms with Gasteiger partial charge in [-0.3, -0.25) is 9.48 Å². The van der Waals surface area contributed by atoms with Gasteiger partial charge in [0.15, 0.2) is 9.84 Å². The molecular formula is C18H23N3O3S. The smallest absolute Gasteiger partial charge is 0.276 e. The van der Waals surface area contributed by atoms with Crippen LogP contribution >= 0.6 is 0 Å². The average Bonchev–Trinajstić information content (AvgIpc) is 3.03. The van der Waals surface area contributed by atoms with Gasteiger partial charge in [-0.2, -0.15) is 5.10 Å². The van der Waals surface area contributed by atoms with E-state index in [0.29, 0.717) is 17.9 Å². The van der Waals surface area contributed by atoms with E-state index in [9.17, 15) is 13.2 Å². The maximum absolute atomic E-state index is 13.1. The first-order chi connectivity index (χ1) is 12.0. The second kappa shape index (κ2) is 7.00. The van der Waals surface area contributed by atoms with E-state index in [-0.39, 0.29) is 22.6 Å². The number of hydrogen-bond donors (Lipinski definition) is 0. The molecule has 0 radical (unpaired) electrons. The molecule has 1 saturated carbocycles. The van der Waals surface area contributed by atoms with E-state index < -0.39 is 9.84 Å². The van der Waals surface area contributed by atoms with Crippen LogP contribution in [0.25, 0.3) is 0 Å². The van der Waals surface area contributed by atoms with E-state index in [2.05, 4.69) is 5.10 Å². The van der Waals surface area contributed by atoms with E-state index >= 15 is 0 Å². The summed E-state index contributed by atoms with van der Waals surface area (Å²) in [4.78, 5) is 14.9. The average molecular weight is 361 g/mol. The highest BCUT2D eigenvalue weighted by atomic mass is 32.2. The van der Waals surface area contributed by atoms with Gasteiger partial charge in [0.05, 0.1) is 22.4 Å². The summed E-state index contributed by atoms with van der Waals surface area (Å²) in [6.45, 7) is 3.83. The molecule has 3 rings (SSSR count). The van der Waals surface area contributed by atoms with Crippen LogP contribution in [0, 0.1) is 0 Å². The lowest BCUT2D eigenvalue weighted by atomic mass is 9.93. The van der Waals surface area contributed by atoms with Gasteiger partial charge in [0.1, 0.15) is 5.69 Å². The molecule has 2 aromatic rings. The number of sulfone groups is 1. The fourth-order valence-electron chi connectivity index (χ4n) is 3.07. The van der Waals surface area contributed by atoms with Crippen LogP contribution < -0.4 is 4.90 Å². The largest absolute Gasteiger partial charge is 0.306 e. The molecule has 0 spiro atoms. The normalized spacial score (nSPS) is 15.0. The second-order valence-electron chi connectivity index (χ2n) is 6.17. The molecule has 0 atom stereocenters. The molecule has 1 aromatic carbocycles.